The summed E-state index contributed by atoms with van der Waals surface area (Å²) < 4.78 is 6.45. The van der Waals surface area contributed by atoms with Crippen LogP contribution in [-0.4, -0.2) is 64.7 Å². The molecule has 2 heterocycles. The summed E-state index contributed by atoms with van der Waals surface area (Å²) in [7, 11) is 0. The van der Waals surface area contributed by atoms with Crippen LogP contribution in [-0.2, 0) is 4.79 Å². The number of hydrogen-bond donors (Lipinski definition) is 1. The zero-order chi connectivity index (χ0) is 18.1. The molecule has 0 atom stereocenters. The van der Waals surface area contributed by atoms with E-state index in [1.807, 2.05) is 6.07 Å². The van der Waals surface area contributed by atoms with E-state index in [4.69, 9.17) is 4.74 Å². The minimum Gasteiger partial charge on any atom is -0.476 e. The molecule has 0 aromatic carbocycles. The van der Waals surface area contributed by atoms with Crippen molar-refractivity contribution >= 4 is 34.6 Å². The molecule has 0 radical (unpaired) electrons. The maximum absolute atomic E-state index is 12.0. The standard InChI is InChI=1S/C17H22IN3O4/c18-14-6-7-15(19-13-14)25-12-11-21(17(23)24)10-4-5-16(22)20-8-2-1-3-9-20/h4-7,13H,1-3,8-12H2,(H,23,24)/b5-4+. The first kappa shape index (κ1) is 19.5. The third-order valence-electron chi connectivity index (χ3n) is 3.84. The summed E-state index contributed by atoms with van der Waals surface area (Å²) in [5.74, 6) is 0.408. The van der Waals surface area contributed by atoms with Crippen molar-refractivity contribution in [1.29, 1.82) is 0 Å². The van der Waals surface area contributed by atoms with Gasteiger partial charge in [-0.25, -0.2) is 9.78 Å². The number of carbonyl (C=O) groups is 2. The minimum absolute atomic E-state index is 0.0515. The molecule has 1 aliphatic rings. The average molecular weight is 459 g/mol. The number of halogens is 1. The third-order valence-corrected chi connectivity index (χ3v) is 4.47. The van der Waals surface area contributed by atoms with E-state index in [1.165, 1.54) is 11.0 Å². The molecule has 1 aromatic heterocycles. The number of carbonyl (C=O) groups excluding carboxylic acids is 1. The molecule has 0 aliphatic carbocycles. The Morgan fingerprint density at radius 1 is 1.32 bits per heavy atom. The molecule has 0 unspecified atom stereocenters. The fourth-order valence-corrected chi connectivity index (χ4v) is 2.79. The largest absolute Gasteiger partial charge is 0.476 e. The van der Waals surface area contributed by atoms with E-state index in [-0.39, 0.29) is 25.6 Å². The van der Waals surface area contributed by atoms with Crippen LogP contribution in [0.25, 0.3) is 0 Å². The fraction of sp³-hybridized carbons (Fsp3) is 0.471. The Labute approximate surface area is 160 Å². The van der Waals surface area contributed by atoms with Gasteiger partial charge in [-0.1, -0.05) is 6.08 Å². The molecule has 2 rings (SSSR count). The monoisotopic (exact) mass is 459 g/mol. The Balaban J connectivity index is 1.75. The second-order valence-electron chi connectivity index (χ2n) is 5.68. The van der Waals surface area contributed by atoms with E-state index in [0.717, 1.165) is 35.9 Å². The van der Waals surface area contributed by atoms with Crippen molar-refractivity contribution in [2.45, 2.75) is 19.3 Å². The highest BCUT2D eigenvalue weighted by Gasteiger charge is 2.14. The number of carboxylic acid groups (broad SMARTS) is 1. The van der Waals surface area contributed by atoms with Crippen LogP contribution in [0.5, 0.6) is 5.88 Å². The molecule has 25 heavy (non-hydrogen) atoms. The van der Waals surface area contributed by atoms with Gasteiger partial charge in [-0.05, 0) is 47.9 Å². The van der Waals surface area contributed by atoms with Crippen LogP contribution in [0.4, 0.5) is 4.79 Å². The van der Waals surface area contributed by atoms with Gasteiger partial charge in [0, 0.05) is 41.5 Å². The van der Waals surface area contributed by atoms with Crippen molar-refractivity contribution in [2.24, 2.45) is 0 Å². The number of hydrogen-bond acceptors (Lipinski definition) is 4. The van der Waals surface area contributed by atoms with Gasteiger partial charge in [-0.15, -0.1) is 0 Å². The zero-order valence-corrected chi connectivity index (χ0v) is 16.1. The molecule has 0 saturated carbocycles. The van der Waals surface area contributed by atoms with Crippen LogP contribution in [0.3, 0.4) is 0 Å². The first-order valence-corrected chi connectivity index (χ1v) is 9.32. The van der Waals surface area contributed by atoms with E-state index >= 15 is 0 Å². The fourth-order valence-electron chi connectivity index (χ4n) is 2.47. The van der Waals surface area contributed by atoms with E-state index < -0.39 is 6.09 Å². The van der Waals surface area contributed by atoms with E-state index in [9.17, 15) is 14.7 Å². The molecule has 1 saturated heterocycles. The van der Waals surface area contributed by atoms with Crippen LogP contribution in [0.2, 0.25) is 0 Å². The summed E-state index contributed by atoms with van der Waals surface area (Å²) >= 11 is 2.15. The molecule has 1 fully saturated rings. The Morgan fingerprint density at radius 2 is 2.08 bits per heavy atom. The van der Waals surface area contributed by atoms with Crippen LogP contribution >= 0.6 is 22.6 Å². The minimum atomic E-state index is -1.05. The summed E-state index contributed by atoms with van der Waals surface area (Å²) in [6.07, 6.45) is 6.91. The van der Waals surface area contributed by atoms with Gasteiger partial charge in [0.1, 0.15) is 6.61 Å². The Morgan fingerprint density at radius 3 is 2.72 bits per heavy atom. The molecular weight excluding hydrogens is 437 g/mol. The van der Waals surface area contributed by atoms with Crippen LogP contribution in [0, 0.1) is 3.57 Å². The first-order chi connectivity index (χ1) is 12.1. The lowest BCUT2D eigenvalue weighted by molar-refractivity contribution is -0.126. The Kier molecular flexibility index (Phi) is 7.96. The molecule has 136 valence electrons. The van der Waals surface area contributed by atoms with Crippen molar-refractivity contribution in [1.82, 2.24) is 14.8 Å². The van der Waals surface area contributed by atoms with Gasteiger partial charge >= 0.3 is 6.09 Å². The van der Waals surface area contributed by atoms with Crippen molar-refractivity contribution in [2.75, 3.05) is 32.8 Å². The predicted octanol–water partition coefficient (Wildman–Crippen LogP) is 2.61. The lowest BCUT2D eigenvalue weighted by atomic mass is 10.1. The molecule has 2 amide bonds. The number of piperidine rings is 1. The Hall–Kier alpha value is -1.84. The molecule has 7 nitrogen and oxygen atoms in total. The molecule has 0 bridgehead atoms. The van der Waals surface area contributed by atoms with Crippen molar-refractivity contribution in [3.8, 4) is 5.88 Å². The summed E-state index contributed by atoms with van der Waals surface area (Å²) in [6, 6.07) is 3.61. The number of nitrogens with zero attached hydrogens (tertiary/aromatic N) is 3. The predicted molar refractivity (Wildman–Crippen MR) is 102 cm³/mol. The summed E-state index contributed by atoms with van der Waals surface area (Å²) in [6.45, 7) is 2.11. The molecule has 8 heteroatoms. The van der Waals surface area contributed by atoms with Crippen LogP contribution in [0.15, 0.2) is 30.5 Å². The van der Waals surface area contributed by atoms with Gasteiger partial charge in [0.2, 0.25) is 11.8 Å². The van der Waals surface area contributed by atoms with E-state index in [2.05, 4.69) is 27.6 Å². The highest BCUT2D eigenvalue weighted by Crippen LogP contribution is 2.10. The van der Waals surface area contributed by atoms with Crippen molar-refractivity contribution in [3.63, 3.8) is 0 Å². The number of likely N-dealkylation sites (tertiary alicyclic amines) is 1. The molecule has 1 aliphatic heterocycles. The molecular formula is C17H22IN3O4. The smallest absolute Gasteiger partial charge is 0.407 e. The van der Waals surface area contributed by atoms with E-state index in [0.29, 0.717) is 5.88 Å². The quantitative estimate of drug-likeness (QED) is 0.501. The van der Waals surface area contributed by atoms with Crippen molar-refractivity contribution in [3.05, 3.63) is 34.1 Å². The number of amides is 2. The SMILES string of the molecule is O=C(O)N(C/C=C/C(=O)N1CCCCC1)CCOc1ccc(I)cn1. The number of rotatable bonds is 7. The van der Waals surface area contributed by atoms with Gasteiger partial charge in [0.05, 0.1) is 6.54 Å². The molecule has 0 spiro atoms. The summed E-state index contributed by atoms with van der Waals surface area (Å²) in [5.41, 5.74) is 0. The van der Waals surface area contributed by atoms with Gasteiger partial charge in [-0.3, -0.25) is 4.79 Å². The first-order valence-electron chi connectivity index (χ1n) is 8.24. The van der Waals surface area contributed by atoms with Gasteiger partial charge in [0.25, 0.3) is 0 Å². The van der Waals surface area contributed by atoms with Crippen molar-refractivity contribution < 1.29 is 19.4 Å². The number of ether oxygens (including phenoxy) is 1. The molecule has 1 aromatic rings. The van der Waals surface area contributed by atoms with Crippen LogP contribution < -0.4 is 4.74 Å². The van der Waals surface area contributed by atoms with Gasteiger partial charge in [0.15, 0.2) is 0 Å². The highest BCUT2D eigenvalue weighted by atomic mass is 127. The lowest BCUT2D eigenvalue weighted by Crippen LogP contribution is -2.35. The second-order valence-corrected chi connectivity index (χ2v) is 6.93. The topological polar surface area (TPSA) is 83.0 Å². The normalized spacial score (nSPS) is 14.5. The summed E-state index contributed by atoms with van der Waals surface area (Å²) in [5, 5.41) is 9.25. The van der Waals surface area contributed by atoms with E-state index in [1.54, 1.807) is 23.2 Å². The average Bonchev–Trinajstić information content (AvgIpc) is 2.62. The van der Waals surface area contributed by atoms with Gasteiger partial charge in [-0.2, -0.15) is 0 Å². The third kappa shape index (κ3) is 6.89. The molecule has 1 N–H and O–H groups in total. The maximum atomic E-state index is 12.0. The highest BCUT2D eigenvalue weighted by molar-refractivity contribution is 14.1. The van der Waals surface area contributed by atoms with Crippen LogP contribution in [0.1, 0.15) is 19.3 Å². The summed E-state index contributed by atoms with van der Waals surface area (Å²) in [4.78, 5) is 30.4. The second kappa shape index (κ2) is 10.2. The Bertz CT molecular complexity index is 600. The maximum Gasteiger partial charge on any atom is 0.407 e. The number of aromatic nitrogens is 1. The number of pyridine rings is 1. The zero-order valence-electron chi connectivity index (χ0n) is 13.9. The lowest BCUT2D eigenvalue weighted by Gasteiger charge is -2.25. The van der Waals surface area contributed by atoms with Gasteiger partial charge < -0.3 is 19.6 Å².